The molecule has 3 fully saturated rings. The van der Waals surface area contributed by atoms with Gasteiger partial charge in [0.05, 0.1) is 23.3 Å². The molecule has 0 radical (unpaired) electrons. The fraction of sp³-hybridized carbons (Fsp3) is 0.522. The predicted octanol–water partition coefficient (Wildman–Crippen LogP) is 3.55. The summed E-state index contributed by atoms with van der Waals surface area (Å²) in [5, 5.41) is 8.76. The number of hydrazine groups is 3. The van der Waals surface area contributed by atoms with Gasteiger partial charge in [0.1, 0.15) is 5.82 Å². The summed E-state index contributed by atoms with van der Waals surface area (Å²) in [6, 6.07) is 3.10. The zero-order valence-corrected chi connectivity index (χ0v) is 22.0. The summed E-state index contributed by atoms with van der Waals surface area (Å²) in [6.45, 7) is 5.93. The normalized spacial score (nSPS) is 23.9. The van der Waals surface area contributed by atoms with Gasteiger partial charge in [-0.1, -0.05) is 0 Å². The van der Waals surface area contributed by atoms with Gasteiger partial charge >= 0.3 is 6.03 Å². The number of aromatic nitrogens is 2. The molecule has 3 aliphatic rings. The van der Waals surface area contributed by atoms with Crippen LogP contribution in [0.5, 0.6) is 0 Å². The van der Waals surface area contributed by atoms with Crippen LogP contribution in [0.15, 0.2) is 22.8 Å². The van der Waals surface area contributed by atoms with Crippen LogP contribution in [0, 0.1) is 11.6 Å². The minimum Gasteiger partial charge on any atom is -0.322 e. The van der Waals surface area contributed by atoms with Crippen LogP contribution in [-0.4, -0.2) is 57.1 Å². The molecular weight excluding hydrogens is 536 g/mol. The summed E-state index contributed by atoms with van der Waals surface area (Å²) in [7, 11) is 1.55. The molecule has 0 aliphatic carbocycles. The molecule has 2 aromatic rings. The fourth-order valence-electron chi connectivity index (χ4n) is 5.45. The van der Waals surface area contributed by atoms with Crippen LogP contribution < -0.4 is 26.7 Å². The number of nitrogens with one attached hydrogen (secondary N) is 4. The number of urea groups is 1. The molecule has 0 unspecified atom stereocenters. The third-order valence-corrected chi connectivity index (χ3v) is 7.80. The van der Waals surface area contributed by atoms with Crippen LogP contribution in [0.4, 0.5) is 30.9 Å². The van der Waals surface area contributed by atoms with Gasteiger partial charge in [-0.05, 0) is 74.1 Å². The number of carbonyl (C=O) groups is 1. The van der Waals surface area contributed by atoms with E-state index in [2.05, 4.69) is 66.3 Å². The van der Waals surface area contributed by atoms with Crippen molar-refractivity contribution in [2.24, 2.45) is 0 Å². The molecule has 1 aromatic heterocycles. The second-order valence-electron chi connectivity index (χ2n) is 10.1. The topological polar surface area (TPSA) is 101 Å². The van der Waals surface area contributed by atoms with E-state index < -0.39 is 11.6 Å². The molecule has 0 bridgehead atoms. The van der Waals surface area contributed by atoms with Crippen molar-refractivity contribution >= 4 is 39.3 Å². The van der Waals surface area contributed by atoms with Crippen molar-refractivity contribution in [1.82, 2.24) is 36.3 Å². The molecular formula is C23H30BrF2N9O. The Hall–Kier alpha value is -2.45. The number of carbonyl (C=O) groups excluding carboxylic acids is 1. The average molecular weight is 566 g/mol. The van der Waals surface area contributed by atoms with Crippen molar-refractivity contribution in [2.75, 3.05) is 23.9 Å². The maximum absolute atomic E-state index is 14.7. The third-order valence-electron chi connectivity index (χ3n) is 7.16. The molecule has 4 N–H and O–H groups in total. The van der Waals surface area contributed by atoms with Gasteiger partial charge in [-0.2, -0.15) is 0 Å². The molecule has 5 rings (SSSR count). The van der Waals surface area contributed by atoms with Crippen molar-refractivity contribution in [3.63, 3.8) is 0 Å². The number of nitrogens with zero attached hydrogens (tertiary/aromatic N) is 5. The number of piperidine rings is 1. The summed E-state index contributed by atoms with van der Waals surface area (Å²) in [4.78, 5) is 23.2. The zero-order valence-electron chi connectivity index (χ0n) is 20.4. The zero-order chi connectivity index (χ0) is 25.6. The molecule has 10 nitrogen and oxygen atoms in total. The smallest absolute Gasteiger partial charge is 0.322 e. The van der Waals surface area contributed by atoms with Crippen molar-refractivity contribution in [3.05, 3.63) is 40.1 Å². The molecule has 0 saturated carbocycles. The maximum Gasteiger partial charge on any atom is 0.355 e. The van der Waals surface area contributed by atoms with E-state index in [0.717, 1.165) is 25.6 Å². The maximum atomic E-state index is 14.7. The molecule has 4 heterocycles. The Bertz CT molecular complexity index is 1170. The lowest BCUT2D eigenvalue weighted by Crippen LogP contribution is -2.56. The molecule has 36 heavy (non-hydrogen) atoms. The number of anilines is 3. The van der Waals surface area contributed by atoms with Crippen molar-refractivity contribution in [3.8, 4) is 0 Å². The Morgan fingerprint density at radius 3 is 2.81 bits per heavy atom. The van der Waals surface area contributed by atoms with E-state index in [1.807, 2.05) is 0 Å². The Morgan fingerprint density at radius 2 is 2.06 bits per heavy atom. The summed E-state index contributed by atoms with van der Waals surface area (Å²) in [5.74, 6) is -1.05. The van der Waals surface area contributed by atoms with Gasteiger partial charge in [0.2, 0.25) is 5.95 Å². The van der Waals surface area contributed by atoms with Gasteiger partial charge in [-0.25, -0.2) is 33.6 Å². The number of fused-ring (bicyclic) bond motifs is 1. The van der Waals surface area contributed by atoms with Crippen molar-refractivity contribution in [1.29, 1.82) is 0 Å². The quantitative estimate of drug-likeness (QED) is 0.422. The lowest BCUT2D eigenvalue weighted by Gasteiger charge is -2.47. The first-order valence-corrected chi connectivity index (χ1v) is 12.8. The third kappa shape index (κ3) is 4.90. The second-order valence-corrected chi connectivity index (χ2v) is 11.0. The first kappa shape index (κ1) is 25.2. The lowest BCUT2D eigenvalue weighted by atomic mass is 9.84. The van der Waals surface area contributed by atoms with Crippen LogP contribution in [0.2, 0.25) is 0 Å². The molecule has 3 aliphatic heterocycles. The van der Waals surface area contributed by atoms with Gasteiger partial charge < -0.3 is 10.6 Å². The van der Waals surface area contributed by atoms with Crippen molar-refractivity contribution in [2.45, 2.75) is 63.7 Å². The van der Waals surface area contributed by atoms with E-state index in [1.54, 1.807) is 7.05 Å². The van der Waals surface area contributed by atoms with E-state index >= 15 is 0 Å². The fourth-order valence-corrected chi connectivity index (χ4v) is 5.94. The van der Waals surface area contributed by atoms with Crippen LogP contribution in [0.1, 0.15) is 45.2 Å². The Morgan fingerprint density at radius 1 is 1.25 bits per heavy atom. The van der Waals surface area contributed by atoms with Crippen LogP contribution >= 0.6 is 15.9 Å². The van der Waals surface area contributed by atoms with Gasteiger partial charge in [0.15, 0.2) is 5.82 Å². The summed E-state index contributed by atoms with van der Waals surface area (Å²) < 4.78 is 29.7. The van der Waals surface area contributed by atoms with E-state index in [4.69, 9.17) is 0 Å². The first-order valence-electron chi connectivity index (χ1n) is 12.0. The minimum absolute atomic E-state index is 0.0400. The van der Waals surface area contributed by atoms with Gasteiger partial charge in [0, 0.05) is 35.7 Å². The monoisotopic (exact) mass is 565 g/mol. The lowest BCUT2D eigenvalue weighted by molar-refractivity contribution is 0.0373. The molecule has 13 heteroatoms. The first-order chi connectivity index (χ1) is 17.1. The van der Waals surface area contributed by atoms with Gasteiger partial charge in [0.25, 0.3) is 0 Å². The number of benzene rings is 1. The molecule has 2 amide bonds. The van der Waals surface area contributed by atoms with Gasteiger partial charge in [-0.3, -0.25) is 4.90 Å². The molecule has 1 aromatic carbocycles. The Labute approximate surface area is 216 Å². The van der Waals surface area contributed by atoms with Crippen LogP contribution in [0.3, 0.4) is 0 Å². The standard InChI is InChI=1S/C23H30BrF2N9O/c1-23(2)10-13(7-14-5-4-6-34(14)23)27-12-19-17(26)11-28-21(30-19)29-18-9-20(15(24)8-16(18)25)35-22(36)33(3)31-32-35/h8-9,11,13-14,27,31-32H,4-7,10,12H2,1-3H3,(H,28,29,30)/t13-,14+/m1/s1. The highest BCUT2D eigenvalue weighted by molar-refractivity contribution is 9.10. The highest BCUT2D eigenvalue weighted by Gasteiger charge is 2.42. The highest BCUT2D eigenvalue weighted by Crippen LogP contribution is 2.38. The summed E-state index contributed by atoms with van der Waals surface area (Å²) >= 11 is 3.29. The van der Waals surface area contributed by atoms with Crippen LogP contribution in [-0.2, 0) is 6.54 Å². The number of halogens is 3. The SMILES string of the molecule is CN1NNN(c2cc(Nc3ncc(F)c(CN[C@@H]4C[C@@H]5CCCN5C(C)(C)C4)n3)c(F)cc2Br)C1=O. The molecule has 194 valence electrons. The van der Waals surface area contributed by atoms with Crippen molar-refractivity contribution < 1.29 is 13.6 Å². The predicted molar refractivity (Wildman–Crippen MR) is 135 cm³/mol. The van der Waals surface area contributed by atoms with E-state index in [9.17, 15) is 13.6 Å². The van der Waals surface area contributed by atoms with E-state index in [1.165, 1.54) is 35.0 Å². The number of amides is 2. The van der Waals surface area contributed by atoms with E-state index in [-0.39, 0.29) is 41.5 Å². The number of rotatable bonds is 6. The Balaban J connectivity index is 1.30. The largest absolute Gasteiger partial charge is 0.355 e. The average Bonchev–Trinajstić information content (AvgIpc) is 3.43. The number of hydrogen-bond donors (Lipinski definition) is 4. The molecule has 2 atom stereocenters. The number of hydrogen-bond acceptors (Lipinski definition) is 8. The summed E-state index contributed by atoms with van der Waals surface area (Å²) in [5.41, 5.74) is 6.06. The molecule has 0 spiro atoms. The van der Waals surface area contributed by atoms with E-state index in [0.29, 0.717) is 16.2 Å². The second kappa shape index (κ2) is 9.78. The minimum atomic E-state index is -0.586. The highest BCUT2D eigenvalue weighted by atomic mass is 79.9. The van der Waals surface area contributed by atoms with Gasteiger partial charge in [-0.15, -0.1) is 11.1 Å². The molecule has 3 saturated heterocycles. The van der Waals surface area contributed by atoms with Crippen LogP contribution in [0.25, 0.3) is 0 Å². The summed E-state index contributed by atoms with van der Waals surface area (Å²) in [6.07, 6.45) is 5.50. The Kier molecular flexibility index (Phi) is 6.85.